The number of nitrogens with zero attached hydrogens (tertiary/aromatic N) is 1. The van der Waals surface area contributed by atoms with Crippen LogP contribution in [0.15, 0.2) is 12.1 Å². The molecule has 0 bridgehead atoms. The van der Waals surface area contributed by atoms with E-state index in [1.165, 1.54) is 22.4 Å². The Morgan fingerprint density at radius 3 is 2.80 bits per heavy atom. The second kappa shape index (κ2) is 3.86. The van der Waals surface area contributed by atoms with Crippen molar-refractivity contribution < 1.29 is 0 Å². The van der Waals surface area contributed by atoms with Gasteiger partial charge in [0.05, 0.1) is 0 Å². The number of rotatable bonds is 2. The van der Waals surface area contributed by atoms with E-state index in [0.717, 1.165) is 19.4 Å². The van der Waals surface area contributed by atoms with Gasteiger partial charge in [0.2, 0.25) is 0 Å². The van der Waals surface area contributed by atoms with Crippen LogP contribution in [0.3, 0.4) is 0 Å². The summed E-state index contributed by atoms with van der Waals surface area (Å²) in [5.74, 6) is 0. The van der Waals surface area contributed by atoms with Crippen molar-refractivity contribution in [2.24, 2.45) is 5.73 Å². The average molecular weight is 204 g/mol. The van der Waals surface area contributed by atoms with Crippen LogP contribution in [-0.2, 0) is 6.42 Å². The maximum absolute atomic E-state index is 5.65. The second-order valence-electron chi connectivity index (χ2n) is 4.63. The van der Waals surface area contributed by atoms with Gasteiger partial charge in [-0.1, -0.05) is 6.07 Å². The van der Waals surface area contributed by atoms with Crippen LogP contribution in [0.1, 0.15) is 23.1 Å². The van der Waals surface area contributed by atoms with Gasteiger partial charge >= 0.3 is 0 Å². The lowest BCUT2D eigenvalue weighted by atomic mass is 10.0. The zero-order chi connectivity index (χ0) is 11.0. The molecule has 0 saturated heterocycles. The van der Waals surface area contributed by atoms with Crippen molar-refractivity contribution in [1.29, 1.82) is 0 Å². The summed E-state index contributed by atoms with van der Waals surface area (Å²) in [6, 6.07) is 5.17. The van der Waals surface area contributed by atoms with Gasteiger partial charge < -0.3 is 10.6 Å². The van der Waals surface area contributed by atoms with Crippen LogP contribution in [0.2, 0.25) is 0 Å². The molecule has 2 heteroatoms. The van der Waals surface area contributed by atoms with Gasteiger partial charge in [-0.05, 0) is 56.0 Å². The fraction of sp³-hybridized carbons (Fsp3) is 0.538. The Bertz CT molecular complexity index is 371. The number of nitrogens with two attached hydrogens (primary N) is 1. The van der Waals surface area contributed by atoms with Crippen molar-refractivity contribution in [3.05, 3.63) is 28.8 Å². The lowest BCUT2D eigenvalue weighted by molar-refractivity contribution is 0.616. The topological polar surface area (TPSA) is 29.3 Å². The van der Waals surface area contributed by atoms with Gasteiger partial charge in [0, 0.05) is 18.8 Å². The van der Waals surface area contributed by atoms with Crippen LogP contribution in [0.25, 0.3) is 0 Å². The molecule has 1 aromatic carbocycles. The zero-order valence-corrected chi connectivity index (χ0v) is 9.88. The third-order valence-electron chi connectivity index (χ3n) is 3.46. The summed E-state index contributed by atoms with van der Waals surface area (Å²) in [5, 5.41) is 0. The molecule has 2 nitrogen and oxygen atoms in total. The number of aryl methyl sites for hydroxylation is 2. The maximum Gasteiger partial charge on any atom is 0.0404 e. The molecule has 1 aromatic rings. The molecule has 82 valence electrons. The van der Waals surface area contributed by atoms with Crippen LogP contribution in [0.5, 0.6) is 0 Å². The highest BCUT2D eigenvalue weighted by atomic mass is 15.2. The number of likely N-dealkylation sites (N-methyl/N-ethyl adjacent to an activating group) is 1. The van der Waals surface area contributed by atoms with Crippen LogP contribution in [0.4, 0.5) is 5.69 Å². The highest BCUT2D eigenvalue weighted by molar-refractivity contribution is 5.63. The SMILES string of the molecule is Cc1cc(C)c2c(c1)N(C)C(CCN)C2. The van der Waals surface area contributed by atoms with E-state index in [1.807, 2.05) is 0 Å². The van der Waals surface area contributed by atoms with Crippen molar-refractivity contribution in [2.45, 2.75) is 32.7 Å². The largest absolute Gasteiger partial charge is 0.371 e. The van der Waals surface area contributed by atoms with Gasteiger partial charge in [-0.2, -0.15) is 0 Å². The second-order valence-corrected chi connectivity index (χ2v) is 4.63. The molecular formula is C13H20N2. The third-order valence-corrected chi connectivity index (χ3v) is 3.46. The summed E-state index contributed by atoms with van der Waals surface area (Å²) < 4.78 is 0. The summed E-state index contributed by atoms with van der Waals surface area (Å²) in [4.78, 5) is 2.39. The van der Waals surface area contributed by atoms with E-state index in [-0.39, 0.29) is 0 Å². The predicted octanol–water partition coefficient (Wildman–Crippen LogP) is 2.01. The van der Waals surface area contributed by atoms with Gasteiger partial charge in [-0.15, -0.1) is 0 Å². The zero-order valence-electron chi connectivity index (χ0n) is 9.88. The molecule has 1 heterocycles. The summed E-state index contributed by atoms with van der Waals surface area (Å²) in [7, 11) is 2.19. The number of anilines is 1. The highest BCUT2D eigenvalue weighted by Crippen LogP contribution is 2.35. The Morgan fingerprint density at radius 1 is 1.40 bits per heavy atom. The normalized spacial score (nSPS) is 19.5. The van der Waals surface area contributed by atoms with Crippen LogP contribution < -0.4 is 10.6 Å². The first-order valence-corrected chi connectivity index (χ1v) is 5.66. The van der Waals surface area contributed by atoms with E-state index in [2.05, 4.69) is 37.9 Å². The number of hydrogen-bond acceptors (Lipinski definition) is 2. The first-order chi connectivity index (χ1) is 7.13. The van der Waals surface area contributed by atoms with Crippen molar-refractivity contribution in [2.75, 3.05) is 18.5 Å². The number of hydrogen-bond donors (Lipinski definition) is 1. The molecule has 0 fully saturated rings. The Balaban J connectivity index is 2.36. The first kappa shape index (κ1) is 10.5. The fourth-order valence-corrected chi connectivity index (χ4v) is 2.61. The Kier molecular flexibility index (Phi) is 2.70. The molecule has 0 aliphatic carbocycles. The minimum Gasteiger partial charge on any atom is -0.371 e. The monoisotopic (exact) mass is 204 g/mol. The lowest BCUT2D eigenvalue weighted by Gasteiger charge is -2.22. The van der Waals surface area contributed by atoms with Crippen LogP contribution in [0, 0.1) is 13.8 Å². The van der Waals surface area contributed by atoms with E-state index in [4.69, 9.17) is 5.73 Å². The smallest absolute Gasteiger partial charge is 0.0404 e. The van der Waals surface area contributed by atoms with Gasteiger partial charge in [-0.3, -0.25) is 0 Å². The van der Waals surface area contributed by atoms with Gasteiger partial charge in [-0.25, -0.2) is 0 Å². The molecule has 0 amide bonds. The van der Waals surface area contributed by atoms with Crippen LogP contribution in [-0.4, -0.2) is 19.6 Å². The first-order valence-electron chi connectivity index (χ1n) is 5.66. The van der Waals surface area contributed by atoms with E-state index < -0.39 is 0 Å². The van der Waals surface area contributed by atoms with Crippen molar-refractivity contribution in [3.8, 4) is 0 Å². The van der Waals surface area contributed by atoms with Crippen LogP contribution >= 0.6 is 0 Å². The standard InChI is InChI=1S/C13H20N2/c1-9-6-10(2)12-8-11(4-5-14)15(3)13(12)7-9/h6-7,11H,4-5,8,14H2,1-3H3. The minimum atomic E-state index is 0.602. The third kappa shape index (κ3) is 1.74. The Labute approximate surface area is 92.1 Å². The molecule has 0 saturated carbocycles. The Hall–Kier alpha value is -1.02. The molecule has 1 atom stereocenters. The molecule has 2 N–H and O–H groups in total. The molecule has 1 aliphatic rings. The summed E-state index contributed by atoms with van der Waals surface area (Å²) in [5.41, 5.74) is 11.4. The van der Waals surface area contributed by atoms with Gasteiger partial charge in [0.1, 0.15) is 0 Å². The Morgan fingerprint density at radius 2 is 2.13 bits per heavy atom. The summed E-state index contributed by atoms with van der Waals surface area (Å²) in [6.07, 6.45) is 2.25. The van der Waals surface area contributed by atoms with E-state index in [1.54, 1.807) is 0 Å². The molecule has 0 spiro atoms. The summed E-state index contributed by atoms with van der Waals surface area (Å²) in [6.45, 7) is 5.16. The molecule has 0 radical (unpaired) electrons. The molecule has 15 heavy (non-hydrogen) atoms. The predicted molar refractivity (Wildman–Crippen MR) is 65.5 cm³/mol. The molecule has 2 rings (SSSR count). The van der Waals surface area contributed by atoms with Crippen molar-refractivity contribution >= 4 is 5.69 Å². The molecular weight excluding hydrogens is 184 g/mol. The maximum atomic E-state index is 5.65. The number of fused-ring (bicyclic) bond motifs is 1. The quantitative estimate of drug-likeness (QED) is 0.798. The summed E-state index contributed by atoms with van der Waals surface area (Å²) >= 11 is 0. The van der Waals surface area contributed by atoms with E-state index in [9.17, 15) is 0 Å². The molecule has 1 aliphatic heterocycles. The van der Waals surface area contributed by atoms with Gasteiger partial charge in [0.15, 0.2) is 0 Å². The van der Waals surface area contributed by atoms with E-state index in [0.29, 0.717) is 6.04 Å². The number of benzene rings is 1. The lowest BCUT2D eigenvalue weighted by Crippen LogP contribution is -2.29. The molecule has 1 unspecified atom stereocenters. The highest BCUT2D eigenvalue weighted by Gasteiger charge is 2.26. The van der Waals surface area contributed by atoms with Crippen molar-refractivity contribution in [1.82, 2.24) is 0 Å². The fourth-order valence-electron chi connectivity index (χ4n) is 2.61. The average Bonchev–Trinajstić information content (AvgIpc) is 2.47. The molecule has 0 aromatic heterocycles. The van der Waals surface area contributed by atoms with E-state index >= 15 is 0 Å². The minimum absolute atomic E-state index is 0.602. The van der Waals surface area contributed by atoms with Crippen molar-refractivity contribution in [3.63, 3.8) is 0 Å². The van der Waals surface area contributed by atoms with Gasteiger partial charge in [0.25, 0.3) is 0 Å².